The maximum atomic E-state index is 13.3. The Morgan fingerprint density at radius 2 is 0.946 bits per heavy atom. The quantitative estimate of drug-likeness (QED) is 0.0318. The molecule has 2 rings (SSSR count). The van der Waals surface area contributed by atoms with Crippen LogP contribution in [0.15, 0.2) is 41.4 Å². The lowest BCUT2D eigenvalue weighted by molar-refractivity contribution is 0.0734. The van der Waals surface area contributed by atoms with Gasteiger partial charge < -0.3 is 19.3 Å². The number of carbonyl (C=O) groups is 1. The second kappa shape index (κ2) is 35.2. The third-order valence-electron chi connectivity index (χ3n) is 10.8. The van der Waals surface area contributed by atoms with Gasteiger partial charge in [0.05, 0.1) is 18.8 Å². The monoisotopic (exact) mass is 778 g/mol. The predicted octanol–water partition coefficient (Wildman–Crippen LogP) is 15.6. The maximum absolute atomic E-state index is 13.3. The molecule has 0 atom stereocenters. The number of unbranched alkanes of at least 4 members (excludes halogenated alkanes) is 27. The lowest BCUT2D eigenvalue weighted by atomic mass is 10.1. The van der Waals surface area contributed by atoms with Gasteiger partial charge in [0.2, 0.25) is 0 Å². The van der Waals surface area contributed by atoms with Crippen LogP contribution in [0.25, 0.3) is 0 Å². The highest BCUT2D eigenvalue weighted by atomic mass is 16.5. The van der Waals surface area contributed by atoms with E-state index in [1.807, 2.05) is 6.07 Å². The summed E-state index contributed by atoms with van der Waals surface area (Å²) >= 11 is 0. The molecule has 1 N–H and O–H groups in total. The molecule has 0 amide bonds. The highest BCUT2D eigenvalue weighted by Crippen LogP contribution is 2.31. The Bertz CT molecular complexity index is 1260. The van der Waals surface area contributed by atoms with Crippen LogP contribution in [0.4, 0.5) is 0 Å². The molecule has 0 aliphatic carbocycles. The Labute approximate surface area is 344 Å². The molecule has 0 aromatic heterocycles. The molecular formula is C50H83NO5. The number of hydrogen-bond acceptors (Lipinski definition) is 6. The van der Waals surface area contributed by atoms with Crippen molar-refractivity contribution in [3.63, 3.8) is 0 Å². The first-order valence-corrected chi connectivity index (χ1v) is 23.5. The van der Waals surface area contributed by atoms with Gasteiger partial charge in [0.15, 0.2) is 11.5 Å². The molecule has 0 saturated carbocycles. The van der Waals surface area contributed by atoms with Gasteiger partial charge in [0.25, 0.3) is 0 Å². The molecule has 2 aromatic carbocycles. The van der Waals surface area contributed by atoms with Crippen LogP contribution in [0.2, 0.25) is 0 Å². The number of phenols is 1. The summed E-state index contributed by atoms with van der Waals surface area (Å²) < 4.78 is 18.1. The Hall–Kier alpha value is -3.02. The molecule has 0 bridgehead atoms. The van der Waals surface area contributed by atoms with Crippen molar-refractivity contribution >= 4 is 12.2 Å². The SMILES string of the molecule is CCCCCCCCCCCCN=Cc1ccc(OC(=O)c2ccc(OCCCCCCCCCCCC)c(OCCCCCCCCCCCC)c2)cc1O. The summed E-state index contributed by atoms with van der Waals surface area (Å²) in [5.74, 6) is 1.08. The normalized spacial score (nSPS) is 11.4. The van der Waals surface area contributed by atoms with Crippen molar-refractivity contribution in [3.05, 3.63) is 47.5 Å². The predicted molar refractivity (Wildman–Crippen MR) is 238 cm³/mol. The van der Waals surface area contributed by atoms with Gasteiger partial charge in [-0.25, -0.2) is 4.79 Å². The molecule has 0 radical (unpaired) electrons. The van der Waals surface area contributed by atoms with E-state index in [0.717, 1.165) is 38.6 Å². The van der Waals surface area contributed by atoms with E-state index in [1.165, 1.54) is 167 Å². The molecule has 0 heterocycles. The lowest BCUT2D eigenvalue weighted by Gasteiger charge is -2.14. The molecule has 318 valence electrons. The zero-order valence-corrected chi connectivity index (χ0v) is 36.4. The van der Waals surface area contributed by atoms with Crippen molar-refractivity contribution in [1.82, 2.24) is 0 Å². The Kier molecular flexibility index (Phi) is 30.9. The second-order valence-electron chi connectivity index (χ2n) is 16.0. The number of esters is 1. The number of ether oxygens (including phenoxy) is 3. The van der Waals surface area contributed by atoms with Crippen LogP contribution in [0.5, 0.6) is 23.0 Å². The molecule has 0 aliphatic heterocycles. The topological polar surface area (TPSA) is 77.4 Å². The first-order valence-electron chi connectivity index (χ1n) is 23.5. The van der Waals surface area contributed by atoms with Crippen molar-refractivity contribution in [2.45, 2.75) is 213 Å². The number of benzene rings is 2. The second-order valence-corrected chi connectivity index (χ2v) is 16.0. The van der Waals surface area contributed by atoms with Crippen molar-refractivity contribution in [1.29, 1.82) is 0 Å². The van der Waals surface area contributed by atoms with Crippen molar-refractivity contribution in [3.8, 4) is 23.0 Å². The summed E-state index contributed by atoms with van der Waals surface area (Å²) in [7, 11) is 0. The van der Waals surface area contributed by atoms with Crippen molar-refractivity contribution < 1.29 is 24.1 Å². The standard InChI is InChI=1S/C50H83NO5/c1-4-7-10-13-16-19-22-25-28-31-38-51-43-45-34-36-46(42-47(45)52)56-50(53)44-35-37-48(54-39-32-29-26-23-20-17-14-11-8-5-2)49(41-44)55-40-33-30-27-24-21-18-15-12-9-6-3/h34-37,41-43,52H,4-33,38-40H2,1-3H3. The van der Waals surface area contributed by atoms with Crippen LogP contribution < -0.4 is 14.2 Å². The molecule has 0 aliphatic rings. The summed E-state index contributed by atoms with van der Waals surface area (Å²) in [6.07, 6.45) is 40.1. The number of phenolic OH excluding ortho intramolecular Hbond substituents is 1. The minimum Gasteiger partial charge on any atom is -0.507 e. The van der Waals surface area contributed by atoms with Gasteiger partial charge in [0.1, 0.15) is 11.5 Å². The number of carbonyl (C=O) groups excluding carboxylic acids is 1. The lowest BCUT2D eigenvalue weighted by Crippen LogP contribution is -2.10. The molecule has 0 unspecified atom stereocenters. The summed E-state index contributed by atoms with van der Waals surface area (Å²) in [5.41, 5.74) is 0.999. The van der Waals surface area contributed by atoms with Gasteiger partial charge in [-0.2, -0.15) is 0 Å². The third-order valence-corrected chi connectivity index (χ3v) is 10.8. The first kappa shape index (κ1) is 49.1. The Morgan fingerprint density at radius 3 is 1.41 bits per heavy atom. The van der Waals surface area contributed by atoms with Crippen molar-refractivity contribution in [2.24, 2.45) is 4.99 Å². The molecule has 0 fully saturated rings. The number of aliphatic imine (C=N–C) groups is 1. The highest BCUT2D eigenvalue weighted by molar-refractivity contribution is 5.92. The van der Waals surface area contributed by atoms with E-state index >= 15 is 0 Å². The minimum atomic E-state index is -0.503. The van der Waals surface area contributed by atoms with Crippen LogP contribution in [0.3, 0.4) is 0 Å². The van der Waals surface area contributed by atoms with E-state index in [2.05, 4.69) is 25.8 Å². The van der Waals surface area contributed by atoms with Gasteiger partial charge in [-0.3, -0.25) is 4.99 Å². The largest absolute Gasteiger partial charge is 0.507 e. The molecular weight excluding hydrogens is 695 g/mol. The van der Waals surface area contributed by atoms with Gasteiger partial charge in [-0.1, -0.05) is 194 Å². The number of hydrogen-bond donors (Lipinski definition) is 1. The van der Waals surface area contributed by atoms with Gasteiger partial charge >= 0.3 is 5.97 Å². The number of rotatable bonds is 38. The average molecular weight is 778 g/mol. The van der Waals surface area contributed by atoms with Gasteiger partial charge in [-0.15, -0.1) is 0 Å². The number of aromatic hydroxyl groups is 1. The Morgan fingerprint density at radius 1 is 0.518 bits per heavy atom. The molecule has 0 saturated heterocycles. The summed E-state index contributed by atoms with van der Waals surface area (Å²) in [4.78, 5) is 17.8. The first-order chi connectivity index (χ1) is 27.6. The molecule has 6 heteroatoms. The zero-order chi connectivity index (χ0) is 40.2. The average Bonchev–Trinajstić information content (AvgIpc) is 3.20. The van der Waals surface area contributed by atoms with Crippen molar-refractivity contribution in [2.75, 3.05) is 19.8 Å². The van der Waals surface area contributed by atoms with Gasteiger partial charge in [0, 0.05) is 24.4 Å². The van der Waals surface area contributed by atoms with E-state index in [0.29, 0.717) is 35.8 Å². The fourth-order valence-corrected chi connectivity index (χ4v) is 7.13. The number of nitrogens with zero attached hydrogens (tertiary/aromatic N) is 1. The zero-order valence-electron chi connectivity index (χ0n) is 36.4. The minimum absolute atomic E-state index is 0.0401. The third kappa shape index (κ3) is 25.3. The molecule has 6 nitrogen and oxygen atoms in total. The van der Waals surface area contributed by atoms with E-state index in [1.54, 1.807) is 30.5 Å². The fraction of sp³-hybridized carbons (Fsp3) is 0.720. The summed E-state index contributed by atoms with van der Waals surface area (Å²) in [6, 6.07) is 10.2. The maximum Gasteiger partial charge on any atom is 0.343 e. The van der Waals surface area contributed by atoms with Crippen LogP contribution in [0, 0.1) is 0 Å². The fourth-order valence-electron chi connectivity index (χ4n) is 7.13. The van der Waals surface area contributed by atoms with E-state index in [-0.39, 0.29) is 11.5 Å². The smallest absolute Gasteiger partial charge is 0.343 e. The van der Waals surface area contributed by atoms with E-state index < -0.39 is 5.97 Å². The van der Waals surface area contributed by atoms with E-state index in [4.69, 9.17) is 14.2 Å². The van der Waals surface area contributed by atoms with Crippen LogP contribution in [-0.4, -0.2) is 37.0 Å². The summed E-state index contributed by atoms with van der Waals surface area (Å²) in [5, 5.41) is 10.6. The van der Waals surface area contributed by atoms with E-state index in [9.17, 15) is 9.90 Å². The summed E-state index contributed by atoms with van der Waals surface area (Å²) in [6.45, 7) is 8.75. The molecule has 2 aromatic rings. The highest BCUT2D eigenvalue weighted by Gasteiger charge is 2.15. The van der Waals surface area contributed by atoms with Gasteiger partial charge in [-0.05, 0) is 49.6 Å². The molecule has 0 spiro atoms. The molecule has 56 heavy (non-hydrogen) atoms. The van der Waals surface area contributed by atoms with Crippen LogP contribution >= 0.6 is 0 Å². The van der Waals surface area contributed by atoms with Crippen LogP contribution in [-0.2, 0) is 0 Å². The van der Waals surface area contributed by atoms with Crippen LogP contribution in [0.1, 0.15) is 229 Å². The Balaban J connectivity index is 1.83.